The summed E-state index contributed by atoms with van der Waals surface area (Å²) in [5.74, 6) is 1.33. The standard InChI is InChI=1S/C27H38N2O2/c1-16-20(14-22(26(30)24(16)28)18-9-5-3-6-10-18)13-21-15-23(19-11-7-4-8-12-19)27(31)25(29)17(21)2/h14-15,18-19,30-31H,3-13,28-29H2,1-2H3. The normalized spacial score (nSPS) is 18.4. The first-order chi connectivity index (χ1) is 14.9. The maximum absolute atomic E-state index is 10.8. The third kappa shape index (κ3) is 4.22. The van der Waals surface area contributed by atoms with Gasteiger partial charge in [-0.2, -0.15) is 0 Å². The quantitative estimate of drug-likeness (QED) is 0.331. The van der Waals surface area contributed by atoms with E-state index in [4.69, 9.17) is 11.5 Å². The Hall–Kier alpha value is -2.36. The molecule has 0 saturated heterocycles. The van der Waals surface area contributed by atoms with Gasteiger partial charge in [-0.25, -0.2) is 0 Å². The van der Waals surface area contributed by atoms with Crippen LogP contribution < -0.4 is 11.5 Å². The first-order valence-corrected chi connectivity index (χ1v) is 12.1. The highest BCUT2D eigenvalue weighted by molar-refractivity contribution is 5.68. The number of nitrogen functional groups attached to an aromatic ring is 2. The molecule has 0 heterocycles. The van der Waals surface area contributed by atoms with Crippen molar-refractivity contribution in [2.24, 2.45) is 0 Å². The summed E-state index contributed by atoms with van der Waals surface area (Å²) in [5.41, 5.74) is 20.0. The molecule has 4 nitrogen and oxygen atoms in total. The lowest BCUT2D eigenvalue weighted by molar-refractivity contribution is 0.415. The summed E-state index contributed by atoms with van der Waals surface area (Å²) in [6, 6.07) is 4.36. The van der Waals surface area contributed by atoms with Crippen molar-refractivity contribution in [3.8, 4) is 11.5 Å². The van der Waals surface area contributed by atoms with Crippen molar-refractivity contribution in [2.45, 2.75) is 96.3 Å². The molecule has 0 atom stereocenters. The minimum Gasteiger partial charge on any atom is -0.505 e. The van der Waals surface area contributed by atoms with E-state index in [2.05, 4.69) is 12.1 Å². The van der Waals surface area contributed by atoms with Crippen LogP contribution >= 0.6 is 0 Å². The second-order valence-electron chi connectivity index (χ2n) is 9.87. The van der Waals surface area contributed by atoms with Gasteiger partial charge in [0.1, 0.15) is 11.5 Å². The lowest BCUT2D eigenvalue weighted by atomic mass is 9.80. The van der Waals surface area contributed by atoms with E-state index in [1.54, 1.807) is 0 Å². The number of benzene rings is 2. The topological polar surface area (TPSA) is 92.5 Å². The molecule has 0 amide bonds. The fourth-order valence-corrected chi connectivity index (χ4v) is 5.76. The number of hydrogen-bond acceptors (Lipinski definition) is 4. The Labute approximate surface area is 186 Å². The van der Waals surface area contributed by atoms with Crippen LogP contribution in [0.15, 0.2) is 12.1 Å². The second kappa shape index (κ2) is 9.02. The van der Waals surface area contributed by atoms with E-state index in [1.165, 1.54) is 38.5 Å². The molecule has 2 aromatic rings. The maximum atomic E-state index is 10.8. The van der Waals surface area contributed by atoms with Gasteiger partial charge in [-0.3, -0.25) is 0 Å². The lowest BCUT2D eigenvalue weighted by Crippen LogP contribution is -2.10. The minimum absolute atomic E-state index is 0.276. The fraction of sp³-hybridized carbons (Fsp3) is 0.556. The Morgan fingerprint density at radius 1 is 0.677 bits per heavy atom. The van der Waals surface area contributed by atoms with E-state index < -0.39 is 0 Å². The van der Waals surface area contributed by atoms with Crippen molar-refractivity contribution >= 4 is 11.4 Å². The lowest BCUT2D eigenvalue weighted by Gasteiger charge is -2.26. The molecule has 2 aliphatic carbocycles. The first-order valence-electron chi connectivity index (χ1n) is 12.1. The SMILES string of the molecule is Cc1c(Cc2cc(C3CCCCC3)c(O)c(N)c2C)cc(C2CCCCC2)c(O)c1N. The average molecular weight is 423 g/mol. The van der Waals surface area contributed by atoms with Gasteiger partial charge in [0.2, 0.25) is 0 Å². The van der Waals surface area contributed by atoms with Gasteiger partial charge < -0.3 is 21.7 Å². The molecule has 0 bridgehead atoms. The van der Waals surface area contributed by atoms with Gasteiger partial charge in [-0.1, -0.05) is 50.7 Å². The molecule has 4 rings (SSSR count). The predicted octanol–water partition coefficient (Wildman–Crippen LogP) is 6.57. The summed E-state index contributed by atoms with van der Waals surface area (Å²) in [6.45, 7) is 3.99. The van der Waals surface area contributed by atoms with Crippen LogP contribution in [-0.2, 0) is 6.42 Å². The molecule has 2 aliphatic rings. The summed E-state index contributed by atoms with van der Waals surface area (Å²) in [7, 11) is 0. The Kier molecular flexibility index (Phi) is 6.36. The summed E-state index contributed by atoms with van der Waals surface area (Å²) in [5, 5.41) is 21.6. The average Bonchev–Trinajstić information content (AvgIpc) is 2.80. The summed E-state index contributed by atoms with van der Waals surface area (Å²) in [4.78, 5) is 0. The van der Waals surface area contributed by atoms with Crippen LogP contribution in [0.4, 0.5) is 11.4 Å². The van der Waals surface area contributed by atoms with Crippen molar-refractivity contribution in [1.82, 2.24) is 0 Å². The van der Waals surface area contributed by atoms with Gasteiger partial charge in [0, 0.05) is 0 Å². The third-order valence-electron chi connectivity index (χ3n) is 7.96. The summed E-state index contributed by atoms with van der Waals surface area (Å²) < 4.78 is 0. The smallest absolute Gasteiger partial charge is 0.142 e. The van der Waals surface area contributed by atoms with Crippen LogP contribution in [0.2, 0.25) is 0 Å². The molecule has 4 heteroatoms. The molecule has 0 aliphatic heterocycles. The molecule has 2 saturated carbocycles. The number of hydrogen-bond donors (Lipinski definition) is 4. The molecule has 0 radical (unpaired) electrons. The fourth-order valence-electron chi connectivity index (χ4n) is 5.76. The molecule has 0 spiro atoms. The largest absolute Gasteiger partial charge is 0.505 e. The number of anilines is 2. The van der Waals surface area contributed by atoms with Crippen LogP contribution in [0.5, 0.6) is 11.5 Å². The molecule has 2 aromatic carbocycles. The molecule has 168 valence electrons. The zero-order valence-corrected chi connectivity index (χ0v) is 19.1. The number of phenols is 2. The van der Waals surface area contributed by atoms with E-state index >= 15 is 0 Å². The van der Waals surface area contributed by atoms with Gasteiger partial charge in [0.25, 0.3) is 0 Å². The Morgan fingerprint density at radius 3 is 1.39 bits per heavy atom. The van der Waals surface area contributed by atoms with Crippen LogP contribution in [0.25, 0.3) is 0 Å². The van der Waals surface area contributed by atoms with Crippen LogP contribution in [0, 0.1) is 13.8 Å². The van der Waals surface area contributed by atoms with E-state index in [9.17, 15) is 10.2 Å². The summed E-state index contributed by atoms with van der Waals surface area (Å²) in [6.07, 6.45) is 12.6. The Morgan fingerprint density at radius 2 is 1.03 bits per heavy atom. The number of aromatic hydroxyl groups is 2. The van der Waals surface area contributed by atoms with Crippen molar-refractivity contribution in [2.75, 3.05) is 11.5 Å². The van der Waals surface area contributed by atoms with Crippen LogP contribution in [0.1, 0.15) is 109 Å². The maximum Gasteiger partial charge on any atom is 0.142 e. The molecule has 2 fully saturated rings. The van der Waals surface area contributed by atoms with Crippen molar-refractivity contribution in [1.29, 1.82) is 0 Å². The van der Waals surface area contributed by atoms with E-state index in [-0.39, 0.29) is 11.5 Å². The third-order valence-corrected chi connectivity index (χ3v) is 7.96. The van der Waals surface area contributed by atoms with Gasteiger partial charge in [0.15, 0.2) is 0 Å². The number of rotatable bonds is 4. The zero-order chi connectivity index (χ0) is 22.1. The number of phenolic OH excluding ortho intramolecular Hbond substituents is 2. The highest BCUT2D eigenvalue weighted by Crippen LogP contribution is 2.44. The van der Waals surface area contributed by atoms with Crippen molar-refractivity contribution < 1.29 is 10.2 Å². The molecule has 0 aromatic heterocycles. The Balaban J connectivity index is 1.73. The highest BCUT2D eigenvalue weighted by Gasteiger charge is 2.25. The van der Waals surface area contributed by atoms with Crippen LogP contribution in [-0.4, -0.2) is 10.2 Å². The molecular formula is C27H38N2O2. The van der Waals surface area contributed by atoms with E-state index in [0.29, 0.717) is 29.6 Å². The van der Waals surface area contributed by atoms with E-state index in [0.717, 1.165) is 59.1 Å². The monoisotopic (exact) mass is 422 g/mol. The van der Waals surface area contributed by atoms with E-state index in [1.807, 2.05) is 13.8 Å². The highest BCUT2D eigenvalue weighted by atomic mass is 16.3. The van der Waals surface area contributed by atoms with Gasteiger partial charge in [-0.15, -0.1) is 0 Å². The molecular weight excluding hydrogens is 384 g/mol. The zero-order valence-electron chi connectivity index (χ0n) is 19.1. The van der Waals surface area contributed by atoms with Crippen LogP contribution in [0.3, 0.4) is 0 Å². The summed E-state index contributed by atoms with van der Waals surface area (Å²) >= 11 is 0. The predicted molar refractivity (Wildman–Crippen MR) is 129 cm³/mol. The molecule has 31 heavy (non-hydrogen) atoms. The molecule has 6 N–H and O–H groups in total. The molecule has 0 unspecified atom stereocenters. The van der Waals surface area contributed by atoms with Crippen molar-refractivity contribution in [3.63, 3.8) is 0 Å². The second-order valence-corrected chi connectivity index (χ2v) is 9.87. The first kappa shape index (κ1) is 21.9. The van der Waals surface area contributed by atoms with Gasteiger partial charge >= 0.3 is 0 Å². The number of nitrogens with two attached hydrogens (primary N) is 2. The van der Waals surface area contributed by atoms with Crippen molar-refractivity contribution in [3.05, 3.63) is 45.5 Å². The van der Waals surface area contributed by atoms with Gasteiger partial charge in [0.05, 0.1) is 11.4 Å². The van der Waals surface area contributed by atoms with Gasteiger partial charge in [-0.05, 0) is 91.2 Å². The minimum atomic E-state index is 0.276. The Bertz CT molecular complexity index is 877.